The quantitative estimate of drug-likeness (QED) is 0.395. The summed E-state index contributed by atoms with van der Waals surface area (Å²) in [5.74, 6) is -0.821. The Bertz CT molecular complexity index is 428. The van der Waals surface area contributed by atoms with Gasteiger partial charge in [-0.25, -0.2) is 18.2 Å². The van der Waals surface area contributed by atoms with Crippen molar-refractivity contribution in [1.29, 1.82) is 0 Å². The van der Waals surface area contributed by atoms with Crippen molar-refractivity contribution in [3.05, 3.63) is 0 Å². The van der Waals surface area contributed by atoms with E-state index in [1.165, 1.54) is 6.92 Å². The number of nitrogens with two attached hydrogens (primary N) is 1. The number of nitrogens with zero attached hydrogens (tertiary/aromatic N) is 2. The number of primary amides is 1. The third-order valence-electron chi connectivity index (χ3n) is 2.09. The first-order valence-corrected chi connectivity index (χ1v) is 7.84. The minimum atomic E-state index is -3.89. The summed E-state index contributed by atoms with van der Waals surface area (Å²) >= 11 is 5.49. The van der Waals surface area contributed by atoms with Crippen molar-refractivity contribution < 1.29 is 22.7 Å². The summed E-state index contributed by atoms with van der Waals surface area (Å²) < 4.78 is 28.8. The second-order valence-electron chi connectivity index (χ2n) is 3.61. The predicted octanol–water partition coefficient (Wildman–Crippen LogP) is -0.266. The van der Waals surface area contributed by atoms with Gasteiger partial charge in [-0.1, -0.05) is 4.41 Å². The lowest BCUT2D eigenvalue weighted by atomic mass is 10.4. The van der Waals surface area contributed by atoms with Gasteiger partial charge in [-0.2, -0.15) is 0 Å². The zero-order valence-electron chi connectivity index (χ0n) is 11.0. The van der Waals surface area contributed by atoms with Crippen LogP contribution in [0.2, 0.25) is 0 Å². The monoisotopic (exact) mass is 315 g/mol. The molecule has 0 aromatic rings. The van der Waals surface area contributed by atoms with Crippen molar-refractivity contribution in [2.45, 2.75) is 19.9 Å². The molecular formula is C9H18ClN3O5S. The Labute approximate surface area is 117 Å². The molecule has 0 rings (SSSR count). The van der Waals surface area contributed by atoms with Crippen LogP contribution in [-0.2, 0) is 19.6 Å². The summed E-state index contributed by atoms with van der Waals surface area (Å²) in [6.07, 6.45) is 0.854. The van der Waals surface area contributed by atoms with Gasteiger partial charge in [-0.15, -0.1) is 11.6 Å². The Balaban J connectivity index is 5.43. The van der Waals surface area contributed by atoms with E-state index < -0.39 is 28.1 Å². The maximum Gasteiger partial charge on any atom is 0.330 e. The molecule has 1 unspecified atom stereocenters. The molecule has 0 saturated heterocycles. The highest BCUT2D eigenvalue weighted by Gasteiger charge is 2.36. The number of alkyl halides is 1. The van der Waals surface area contributed by atoms with Crippen molar-refractivity contribution in [3.63, 3.8) is 0 Å². The molecule has 0 saturated carbocycles. The third-order valence-corrected chi connectivity index (χ3v) is 3.45. The Morgan fingerprint density at radius 3 is 2.26 bits per heavy atom. The molecule has 0 aliphatic heterocycles. The first-order chi connectivity index (χ1) is 8.66. The van der Waals surface area contributed by atoms with E-state index in [2.05, 4.69) is 0 Å². The number of amides is 2. The predicted molar refractivity (Wildman–Crippen MR) is 69.8 cm³/mol. The van der Waals surface area contributed by atoms with Crippen LogP contribution in [0.4, 0.5) is 4.79 Å². The van der Waals surface area contributed by atoms with E-state index >= 15 is 0 Å². The van der Waals surface area contributed by atoms with Crippen LogP contribution in [0.15, 0.2) is 0 Å². The van der Waals surface area contributed by atoms with Crippen LogP contribution in [0.5, 0.6) is 0 Å². The molecule has 0 fully saturated rings. The van der Waals surface area contributed by atoms with E-state index in [-0.39, 0.29) is 19.0 Å². The van der Waals surface area contributed by atoms with Crippen LogP contribution in [0, 0.1) is 0 Å². The maximum atomic E-state index is 11.7. The molecule has 8 nitrogen and oxygen atoms in total. The first kappa shape index (κ1) is 17.9. The van der Waals surface area contributed by atoms with Gasteiger partial charge in [0.2, 0.25) is 10.0 Å². The minimum absolute atomic E-state index is 0.0372. The lowest BCUT2D eigenvalue weighted by molar-refractivity contribution is -0.150. The van der Waals surface area contributed by atoms with Gasteiger partial charge in [0.25, 0.3) is 0 Å². The summed E-state index contributed by atoms with van der Waals surface area (Å²) in [5, 5.41) is 0.698. The molecule has 1 atom stereocenters. The Morgan fingerprint density at radius 1 is 1.42 bits per heavy atom. The van der Waals surface area contributed by atoms with Crippen molar-refractivity contribution in [3.8, 4) is 0 Å². The van der Waals surface area contributed by atoms with E-state index in [0.717, 1.165) is 6.26 Å². The maximum absolute atomic E-state index is 11.7. The van der Waals surface area contributed by atoms with Crippen molar-refractivity contribution in [2.75, 3.05) is 25.3 Å². The summed E-state index contributed by atoms with van der Waals surface area (Å²) in [7, 11) is -3.89. The summed E-state index contributed by atoms with van der Waals surface area (Å²) in [4.78, 5) is 22.9. The number of hydrogen-bond acceptors (Lipinski definition) is 5. The van der Waals surface area contributed by atoms with Crippen molar-refractivity contribution >= 4 is 33.6 Å². The number of carbonyl (C=O) groups excluding carboxylic acids is 2. The highest BCUT2D eigenvalue weighted by atomic mass is 35.5. The molecule has 2 N–H and O–H groups in total. The molecule has 112 valence electrons. The molecule has 0 aliphatic carbocycles. The number of hydrogen-bond donors (Lipinski definition) is 1. The number of ether oxygens (including phenoxy) is 1. The van der Waals surface area contributed by atoms with Crippen LogP contribution in [-0.4, -0.2) is 61.2 Å². The van der Waals surface area contributed by atoms with Gasteiger partial charge in [-0.05, 0) is 13.8 Å². The lowest BCUT2D eigenvalue weighted by Crippen LogP contribution is -2.57. The third kappa shape index (κ3) is 5.21. The van der Waals surface area contributed by atoms with Gasteiger partial charge >= 0.3 is 12.0 Å². The highest BCUT2D eigenvalue weighted by Crippen LogP contribution is 2.12. The Hall–Kier alpha value is -1.06. The van der Waals surface area contributed by atoms with Gasteiger partial charge < -0.3 is 10.5 Å². The average molecular weight is 316 g/mol. The number of esters is 1. The van der Waals surface area contributed by atoms with Crippen LogP contribution < -0.4 is 5.73 Å². The molecule has 0 radical (unpaired) electrons. The standard InChI is InChI=1S/C9H18ClN3O5S/c1-4-18-8(14)7(2)13(19(3,16)17)12(6-5-10)9(11)15/h7H,4-6H2,1-3H3,(H2,11,15). The fourth-order valence-corrected chi connectivity index (χ4v) is 2.76. The second kappa shape index (κ2) is 7.51. The summed E-state index contributed by atoms with van der Waals surface area (Å²) in [6.45, 7) is 2.82. The SMILES string of the molecule is CCOC(=O)C(C)N(N(CCCl)C(N)=O)S(C)(=O)=O. The largest absolute Gasteiger partial charge is 0.465 e. The highest BCUT2D eigenvalue weighted by molar-refractivity contribution is 7.88. The summed E-state index contributed by atoms with van der Waals surface area (Å²) in [5.41, 5.74) is 5.10. The van der Waals surface area contributed by atoms with E-state index in [9.17, 15) is 18.0 Å². The van der Waals surface area contributed by atoms with E-state index in [1.807, 2.05) is 0 Å². The first-order valence-electron chi connectivity index (χ1n) is 5.45. The zero-order valence-corrected chi connectivity index (χ0v) is 12.6. The lowest BCUT2D eigenvalue weighted by Gasteiger charge is -2.34. The molecule has 0 aliphatic rings. The van der Waals surface area contributed by atoms with Gasteiger partial charge in [-0.3, -0.25) is 4.79 Å². The number of sulfonamides is 1. The molecule has 10 heteroatoms. The molecular weight excluding hydrogens is 298 g/mol. The van der Waals surface area contributed by atoms with Crippen LogP contribution in [0.25, 0.3) is 0 Å². The molecule has 0 spiro atoms. The van der Waals surface area contributed by atoms with E-state index in [0.29, 0.717) is 9.42 Å². The van der Waals surface area contributed by atoms with Gasteiger partial charge in [0.15, 0.2) is 0 Å². The number of urea groups is 1. The van der Waals surface area contributed by atoms with Crippen LogP contribution >= 0.6 is 11.6 Å². The van der Waals surface area contributed by atoms with Crippen LogP contribution in [0.3, 0.4) is 0 Å². The molecule has 0 aromatic heterocycles. The second-order valence-corrected chi connectivity index (χ2v) is 5.83. The van der Waals surface area contributed by atoms with Crippen LogP contribution in [0.1, 0.15) is 13.8 Å². The zero-order chi connectivity index (χ0) is 15.2. The normalized spacial score (nSPS) is 13.1. The average Bonchev–Trinajstić information content (AvgIpc) is 2.26. The number of carbonyl (C=O) groups is 2. The minimum Gasteiger partial charge on any atom is -0.465 e. The fraction of sp³-hybridized carbons (Fsp3) is 0.778. The molecule has 0 aromatic carbocycles. The van der Waals surface area contributed by atoms with Crippen molar-refractivity contribution in [2.24, 2.45) is 5.73 Å². The van der Waals surface area contributed by atoms with Gasteiger partial charge in [0.05, 0.1) is 19.4 Å². The molecule has 19 heavy (non-hydrogen) atoms. The van der Waals surface area contributed by atoms with Gasteiger partial charge in [0, 0.05) is 5.88 Å². The summed E-state index contributed by atoms with van der Waals surface area (Å²) in [6, 6.07) is -2.24. The topological polar surface area (TPSA) is 110 Å². The van der Waals surface area contributed by atoms with E-state index in [1.54, 1.807) is 6.92 Å². The molecule has 0 heterocycles. The van der Waals surface area contributed by atoms with Crippen molar-refractivity contribution in [1.82, 2.24) is 9.42 Å². The number of hydrazine groups is 1. The molecule has 0 bridgehead atoms. The van der Waals surface area contributed by atoms with Gasteiger partial charge in [0.1, 0.15) is 6.04 Å². The number of rotatable bonds is 7. The number of halogens is 1. The molecule has 2 amide bonds. The fourth-order valence-electron chi connectivity index (χ4n) is 1.41. The Morgan fingerprint density at radius 2 is 1.95 bits per heavy atom. The van der Waals surface area contributed by atoms with E-state index in [4.69, 9.17) is 22.1 Å². The smallest absolute Gasteiger partial charge is 0.330 e. The Kier molecular flexibility index (Phi) is 7.09.